The fraction of sp³-hybridized carbons (Fsp3) is 0.273. The molecule has 0 amide bonds. The number of nitrogens with zero attached hydrogens (tertiary/aromatic N) is 4. The molecular weight excluding hydrogens is 346 g/mol. The molecule has 2 aromatic rings. The number of halogens is 1. The Labute approximate surface area is 124 Å². The molecule has 9 heteroatoms. The third-order valence-corrected chi connectivity index (χ3v) is 5.59. The van der Waals surface area contributed by atoms with E-state index in [1.165, 1.54) is 10.4 Å². The fourth-order valence-electron chi connectivity index (χ4n) is 2.12. The monoisotopic (exact) mass is 357 g/mol. The number of fused-ring (bicyclic) bond motifs is 1. The standard InChI is InChI=1S/C11H12BrN5O2S/c12-8-1-2-9(13)10(5-8)20(18,19)17-4-3-16-7-14-15-11(16)6-17/h1-2,5,7H,3-4,6,13H2. The topological polar surface area (TPSA) is 94.1 Å². The fourth-order valence-corrected chi connectivity index (χ4v) is 4.16. The van der Waals surface area contributed by atoms with Crippen molar-refractivity contribution in [3.63, 3.8) is 0 Å². The van der Waals surface area contributed by atoms with Crippen molar-refractivity contribution in [2.45, 2.75) is 18.0 Å². The molecule has 0 fully saturated rings. The minimum absolute atomic E-state index is 0.111. The van der Waals surface area contributed by atoms with Crippen LogP contribution in [0.1, 0.15) is 5.82 Å². The number of rotatable bonds is 2. The van der Waals surface area contributed by atoms with Crippen LogP contribution in [0.4, 0.5) is 5.69 Å². The number of sulfonamides is 1. The number of anilines is 1. The lowest BCUT2D eigenvalue weighted by Crippen LogP contribution is -2.38. The summed E-state index contributed by atoms with van der Waals surface area (Å²) in [5.74, 6) is 0.633. The molecule has 0 saturated carbocycles. The zero-order valence-electron chi connectivity index (χ0n) is 10.4. The Morgan fingerprint density at radius 2 is 2.10 bits per heavy atom. The van der Waals surface area contributed by atoms with Crippen LogP contribution < -0.4 is 5.73 Å². The van der Waals surface area contributed by atoms with Crippen LogP contribution in [0.3, 0.4) is 0 Å². The van der Waals surface area contributed by atoms with Gasteiger partial charge in [-0.3, -0.25) is 0 Å². The van der Waals surface area contributed by atoms with E-state index in [0.29, 0.717) is 23.4 Å². The smallest absolute Gasteiger partial charge is 0.245 e. The van der Waals surface area contributed by atoms with Gasteiger partial charge in [0, 0.05) is 17.6 Å². The summed E-state index contributed by atoms with van der Waals surface area (Å²) in [4.78, 5) is 0.111. The summed E-state index contributed by atoms with van der Waals surface area (Å²) in [5.41, 5.74) is 6.03. The van der Waals surface area contributed by atoms with Crippen LogP contribution in [0.5, 0.6) is 0 Å². The maximum Gasteiger partial charge on any atom is 0.245 e. The molecule has 3 rings (SSSR count). The molecule has 0 atom stereocenters. The highest BCUT2D eigenvalue weighted by atomic mass is 79.9. The lowest BCUT2D eigenvalue weighted by molar-refractivity contribution is 0.335. The van der Waals surface area contributed by atoms with Crippen molar-refractivity contribution in [3.05, 3.63) is 34.8 Å². The van der Waals surface area contributed by atoms with Gasteiger partial charge < -0.3 is 10.3 Å². The van der Waals surface area contributed by atoms with Crippen molar-refractivity contribution < 1.29 is 8.42 Å². The molecule has 20 heavy (non-hydrogen) atoms. The molecule has 1 aromatic heterocycles. The summed E-state index contributed by atoms with van der Waals surface area (Å²) in [5, 5.41) is 7.70. The maximum atomic E-state index is 12.7. The number of nitrogens with two attached hydrogens (primary N) is 1. The largest absolute Gasteiger partial charge is 0.398 e. The lowest BCUT2D eigenvalue weighted by Gasteiger charge is -2.26. The van der Waals surface area contributed by atoms with Gasteiger partial charge in [-0.25, -0.2) is 8.42 Å². The van der Waals surface area contributed by atoms with Crippen molar-refractivity contribution in [2.24, 2.45) is 0 Å². The van der Waals surface area contributed by atoms with Gasteiger partial charge in [-0.1, -0.05) is 15.9 Å². The van der Waals surface area contributed by atoms with Crippen molar-refractivity contribution >= 4 is 31.6 Å². The van der Waals surface area contributed by atoms with Crippen LogP contribution in [0.2, 0.25) is 0 Å². The Morgan fingerprint density at radius 3 is 2.90 bits per heavy atom. The molecule has 1 aromatic carbocycles. The molecule has 0 aliphatic carbocycles. The van der Waals surface area contributed by atoms with E-state index in [4.69, 9.17) is 5.73 Å². The van der Waals surface area contributed by atoms with E-state index in [-0.39, 0.29) is 17.1 Å². The van der Waals surface area contributed by atoms with Crippen molar-refractivity contribution in [3.8, 4) is 0 Å². The first-order chi connectivity index (χ1) is 9.48. The van der Waals surface area contributed by atoms with Gasteiger partial charge in [0.25, 0.3) is 0 Å². The van der Waals surface area contributed by atoms with Gasteiger partial charge >= 0.3 is 0 Å². The Bertz CT molecular complexity index is 758. The number of hydrogen-bond donors (Lipinski definition) is 1. The third kappa shape index (κ3) is 2.21. The zero-order valence-corrected chi connectivity index (χ0v) is 12.8. The van der Waals surface area contributed by atoms with Crippen LogP contribution in [-0.4, -0.2) is 34.0 Å². The molecule has 2 heterocycles. The van der Waals surface area contributed by atoms with E-state index in [1.54, 1.807) is 18.5 Å². The van der Waals surface area contributed by atoms with Gasteiger partial charge in [-0.2, -0.15) is 4.31 Å². The van der Waals surface area contributed by atoms with Crippen LogP contribution in [0, 0.1) is 0 Å². The molecule has 2 N–H and O–H groups in total. The van der Waals surface area contributed by atoms with Gasteiger partial charge in [0.15, 0.2) is 0 Å². The minimum Gasteiger partial charge on any atom is -0.398 e. The lowest BCUT2D eigenvalue weighted by atomic mass is 10.3. The molecule has 0 radical (unpaired) electrons. The van der Waals surface area contributed by atoms with Crippen LogP contribution in [-0.2, 0) is 23.1 Å². The highest BCUT2D eigenvalue weighted by Gasteiger charge is 2.30. The first-order valence-electron chi connectivity index (χ1n) is 5.90. The molecule has 0 spiro atoms. The summed E-state index contributed by atoms with van der Waals surface area (Å²) < 4.78 is 29.2. The Hall–Kier alpha value is -1.45. The maximum absolute atomic E-state index is 12.7. The van der Waals surface area contributed by atoms with E-state index < -0.39 is 10.0 Å². The average molecular weight is 358 g/mol. The molecule has 7 nitrogen and oxygen atoms in total. The summed E-state index contributed by atoms with van der Waals surface area (Å²) in [7, 11) is -3.64. The second-order valence-electron chi connectivity index (χ2n) is 4.46. The van der Waals surface area contributed by atoms with Crippen LogP contribution in [0.25, 0.3) is 0 Å². The molecular formula is C11H12BrN5O2S. The molecule has 0 unspecified atom stereocenters. The Kier molecular flexibility index (Phi) is 3.27. The summed E-state index contributed by atoms with van der Waals surface area (Å²) >= 11 is 3.27. The van der Waals surface area contributed by atoms with Gasteiger partial charge in [-0.15, -0.1) is 10.2 Å². The second kappa shape index (κ2) is 4.83. The first-order valence-corrected chi connectivity index (χ1v) is 8.13. The molecule has 106 valence electrons. The van der Waals surface area contributed by atoms with Crippen molar-refractivity contribution in [2.75, 3.05) is 12.3 Å². The van der Waals surface area contributed by atoms with Gasteiger partial charge in [-0.05, 0) is 18.2 Å². The molecule has 1 aliphatic heterocycles. The van der Waals surface area contributed by atoms with Crippen LogP contribution >= 0.6 is 15.9 Å². The normalized spacial score (nSPS) is 16.1. The van der Waals surface area contributed by atoms with Crippen molar-refractivity contribution in [1.82, 2.24) is 19.1 Å². The summed E-state index contributed by atoms with van der Waals surface area (Å²) in [6, 6.07) is 4.80. The quantitative estimate of drug-likeness (QED) is 0.803. The van der Waals surface area contributed by atoms with E-state index in [0.717, 1.165) is 0 Å². The Morgan fingerprint density at radius 1 is 1.30 bits per heavy atom. The van der Waals surface area contributed by atoms with E-state index >= 15 is 0 Å². The third-order valence-electron chi connectivity index (χ3n) is 3.20. The highest BCUT2D eigenvalue weighted by Crippen LogP contribution is 2.27. The second-order valence-corrected chi connectivity index (χ2v) is 7.28. The Balaban J connectivity index is 1.99. The number of aromatic nitrogens is 3. The minimum atomic E-state index is -3.64. The van der Waals surface area contributed by atoms with Gasteiger partial charge in [0.05, 0.1) is 12.2 Å². The number of hydrogen-bond acceptors (Lipinski definition) is 5. The first kappa shape index (κ1) is 13.5. The molecule has 1 aliphatic rings. The van der Waals surface area contributed by atoms with E-state index in [9.17, 15) is 8.42 Å². The van der Waals surface area contributed by atoms with E-state index in [1.807, 2.05) is 4.57 Å². The number of nitrogen functional groups attached to an aromatic ring is 1. The predicted molar refractivity (Wildman–Crippen MR) is 76.2 cm³/mol. The summed E-state index contributed by atoms with van der Waals surface area (Å²) in [6.07, 6.45) is 1.60. The predicted octanol–water partition coefficient (Wildman–Crippen LogP) is 0.827. The average Bonchev–Trinajstić information content (AvgIpc) is 2.88. The molecule has 0 bridgehead atoms. The highest BCUT2D eigenvalue weighted by molar-refractivity contribution is 9.10. The molecule has 0 saturated heterocycles. The zero-order chi connectivity index (χ0) is 14.3. The van der Waals surface area contributed by atoms with Crippen LogP contribution in [0.15, 0.2) is 33.9 Å². The number of benzene rings is 1. The van der Waals surface area contributed by atoms with E-state index in [2.05, 4.69) is 26.1 Å². The van der Waals surface area contributed by atoms with Gasteiger partial charge in [0.1, 0.15) is 17.0 Å². The summed E-state index contributed by atoms with van der Waals surface area (Å²) in [6.45, 7) is 1.11. The van der Waals surface area contributed by atoms with Gasteiger partial charge in [0.2, 0.25) is 10.0 Å². The van der Waals surface area contributed by atoms with Crippen molar-refractivity contribution in [1.29, 1.82) is 0 Å². The SMILES string of the molecule is Nc1ccc(Br)cc1S(=O)(=O)N1CCn2cnnc2C1.